The number of hydrogen-bond acceptors (Lipinski definition) is 5. The van der Waals surface area contributed by atoms with Gasteiger partial charge in [-0.05, 0) is 25.0 Å². The lowest BCUT2D eigenvalue weighted by Crippen LogP contribution is -2.32. The summed E-state index contributed by atoms with van der Waals surface area (Å²) in [6, 6.07) is 3.83. The molecule has 1 aliphatic rings. The lowest BCUT2D eigenvalue weighted by molar-refractivity contribution is -0.121. The number of rotatable bonds is 5. The monoisotopic (exact) mass is 303 g/mol. The van der Waals surface area contributed by atoms with Crippen LogP contribution in [0.15, 0.2) is 29.9 Å². The highest BCUT2D eigenvalue weighted by molar-refractivity contribution is 7.13. The maximum Gasteiger partial charge on any atom is 0.226 e. The molecule has 110 valence electrons. The highest BCUT2D eigenvalue weighted by atomic mass is 32.1. The van der Waals surface area contributed by atoms with E-state index in [2.05, 4.69) is 15.3 Å². The summed E-state index contributed by atoms with van der Waals surface area (Å²) in [6.07, 6.45) is 6.09. The van der Waals surface area contributed by atoms with Gasteiger partial charge in [0.25, 0.3) is 0 Å². The summed E-state index contributed by atoms with van der Waals surface area (Å²) in [5.41, 5.74) is 1.83. The van der Waals surface area contributed by atoms with E-state index in [1.54, 1.807) is 23.7 Å². The molecule has 1 aliphatic heterocycles. The van der Waals surface area contributed by atoms with Gasteiger partial charge in [0.15, 0.2) is 0 Å². The van der Waals surface area contributed by atoms with Gasteiger partial charge in [-0.2, -0.15) is 0 Å². The summed E-state index contributed by atoms with van der Waals surface area (Å²) < 4.78 is 5.48. The van der Waals surface area contributed by atoms with E-state index < -0.39 is 0 Å². The van der Waals surface area contributed by atoms with Gasteiger partial charge in [-0.25, -0.2) is 4.98 Å². The zero-order valence-corrected chi connectivity index (χ0v) is 12.4. The van der Waals surface area contributed by atoms with Gasteiger partial charge in [-0.3, -0.25) is 9.78 Å². The number of ether oxygens (including phenoxy) is 1. The van der Waals surface area contributed by atoms with E-state index in [1.165, 1.54) is 0 Å². The molecule has 1 atom stereocenters. The van der Waals surface area contributed by atoms with Crippen LogP contribution in [-0.4, -0.2) is 35.1 Å². The van der Waals surface area contributed by atoms with Crippen molar-refractivity contribution in [3.8, 4) is 10.6 Å². The van der Waals surface area contributed by atoms with Gasteiger partial charge in [-0.1, -0.05) is 0 Å². The van der Waals surface area contributed by atoms with Crippen molar-refractivity contribution in [2.75, 3.05) is 13.2 Å². The molecule has 3 rings (SSSR count). The van der Waals surface area contributed by atoms with Crippen LogP contribution in [0.2, 0.25) is 0 Å². The van der Waals surface area contributed by atoms with Crippen LogP contribution in [0.4, 0.5) is 0 Å². The third-order valence-electron chi connectivity index (χ3n) is 3.37. The van der Waals surface area contributed by atoms with Gasteiger partial charge in [0, 0.05) is 36.5 Å². The van der Waals surface area contributed by atoms with E-state index in [4.69, 9.17) is 4.74 Å². The molecule has 2 aromatic heterocycles. The summed E-state index contributed by atoms with van der Waals surface area (Å²) in [6.45, 7) is 1.40. The summed E-state index contributed by atoms with van der Waals surface area (Å²) in [4.78, 5) is 20.4. The van der Waals surface area contributed by atoms with Crippen molar-refractivity contribution in [2.24, 2.45) is 0 Å². The van der Waals surface area contributed by atoms with Gasteiger partial charge >= 0.3 is 0 Å². The van der Waals surface area contributed by atoms with E-state index in [-0.39, 0.29) is 12.0 Å². The molecule has 5 nitrogen and oxygen atoms in total. The van der Waals surface area contributed by atoms with Crippen molar-refractivity contribution < 1.29 is 9.53 Å². The highest BCUT2D eigenvalue weighted by Gasteiger charge is 2.16. The number of hydrogen-bond donors (Lipinski definition) is 1. The topological polar surface area (TPSA) is 64.1 Å². The summed E-state index contributed by atoms with van der Waals surface area (Å²) in [7, 11) is 0. The molecule has 6 heteroatoms. The third kappa shape index (κ3) is 3.86. The SMILES string of the molecule is O=C(Cc1csc(-c2ccncc2)n1)NC[C@@H]1CCCO1. The van der Waals surface area contributed by atoms with E-state index in [9.17, 15) is 4.79 Å². The third-order valence-corrected chi connectivity index (χ3v) is 4.31. The molecule has 1 saturated heterocycles. The van der Waals surface area contributed by atoms with Crippen molar-refractivity contribution in [2.45, 2.75) is 25.4 Å². The van der Waals surface area contributed by atoms with Crippen LogP contribution in [-0.2, 0) is 16.0 Å². The van der Waals surface area contributed by atoms with Crippen LogP contribution in [0.25, 0.3) is 10.6 Å². The van der Waals surface area contributed by atoms with Gasteiger partial charge in [0.1, 0.15) is 5.01 Å². The molecule has 1 fully saturated rings. The van der Waals surface area contributed by atoms with Crippen LogP contribution >= 0.6 is 11.3 Å². The van der Waals surface area contributed by atoms with Crippen molar-refractivity contribution in [3.05, 3.63) is 35.6 Å². The molecule has 21 heavy (non-hydrogen) atoms. The van der Waals surface area contributed by atoms with E-state index >= 15 is 0 Å². The Kier molecular flexibility index (Phi) is 4.57. The summed E-state index contributed by atoms with van der Waals surface area (Å²) in [5, 5.41) is 5.76. The Hall–Kier alpha value is -1.79. The first-order chi connectivity index (χ1) is 10.3. The van der Waals surface area contributed by atoms with Crippen molar-refractivity contribution in [1.82, 2.24) is 15.3 Å². The number of nitrogens with one attached hydrogen (secondary N) is 1. The Morgan fingerprint density at radius 1 is 1.43 bits per heavy atom. The molecular formula is C15H17N3O2S. The van der Waals surface area contributed by atoms with E-state index in [1.807, 2.05) is 17.5 Å². The van der Waals surface area contributed by atoms with Gasteiger partial charge in [-0.15, -0.1) is 11.3 Å². The molecule has 0 aromatic carbocycles. The number of carbonyl (C=O) groups excluding carboxylic acids is 1. The maximum atomic E-state index is 11.9. The fraction of sp³-hybridized carbons (Fsp3) is 0.400. The Bertz CT molecular complexity index is 594. The fourth-order valence-electron chi connectivity index (χ4n) is 2.28. The smallest absolute Gasteiger partial charge is 0.226 e. The molecule has 2 aromatic rings. The van der Waals surface area contributed by atoms with Crippen LogP contribution in [0.5, 0.6) is 0 Å². The summed E-state index contributed by atoms with van der Waals surface area (Å²) >= 11 is 1.54. The van der Waals surface area contributed by atoms with Crippen LogP contribution in [0.3, 0.4) is 0 Å². The molecule has 0 radical (unpaired) electrons. The maximum absolute atomic E-state index is 11.9. The van der Waals surface area contributed by atoms with E-state index in [0.717, 1.165) is 35.7 Å². The van der Waals surface area contributed by atoms with E-state index in [0.29, 0.717) is 13.0 Å². The van der Waals surface area contributed by atoms with Crippen molar-refractivity contribution in [1.29, 1.82) is 0 Å². The summed E-state index contributed by atoms with van der Waals surface area (Å²) in [5.74, 6) is -0.00271. The Balaban J connectivity index is 1.53. The average Bonchev–Trinajstić information content (AvgIpc) is 3.17. The van der Waals surface area contributed by atoms with Crippen molar-refractivity contribution in [3.63, 3.8) is 0 Å². The zero-order valence-electron chi connectivity index (χ0n) is 11.6. The number of nitrogens with zero attached hydrogens (tertiary/aromatic N) is 2. The lowest BCUT2D eigenvalue weighted by atomic mass is 10.2. The van der Waals surface area contributed by atoms with Crippen LogP contribution in [0, 0.1) is 0 Å². The second-order valence-electron chi connectivity index (χ2n) is 5.00. The first-order valence-corrected chi connectivity index (χ1v) is 7.92. The number of pyridine rings is 1. The predicted molar refractivity (Wildman–Crippen MR) is 81.0 cm³/mol. The first-order valence-electron chi connectivity index (χ1n) is 7.04. The van der Waals surface area contributed by atoms with Crippen LogP contribution in [0.1, 0.15) is 18.5 Å². The van der Waals surface area contributed by atoms with Gasteiger partial charge in [0.2, 0.25) is 5.91 Å². The lowest BCUT2D eigenvalue weighted by Gasteiger charge is -2.09. The minimum absolute atomic E-state index is 0.00271. The normalized spacial score (nSPS) is 17.8. The first kappa shape index (κ1) is 14.2. The largest absolute Gasteiger partial charge is 0.376 e. The quantitative estimate of drug-likeness (QED) is 0.918. The molecule has 1 amide bonds. The molecule has 1 N–H and O–H groups in total. The number of amides is 1. The van der Waals surface area contributed by atoms with Gasteiger partial charge < -0.3 is 10.1 Å². The van der Waals surface area contributed by atoms with Crippen molar-refractivity contribution >= 4 is 17.2 Å². The minimum atomic E-state index is -0.00271. The Labute approximate surface area is 127 Å². The second-order valence-corrected chi connectivity index (χ2v) is 5.85. The second kappa shape index (κ2) is 6.78. The molecule has 0 spiro atoms. The predicted octanol–water partition coefficient (Wildman–Crippen LogP) is 2.04. The Morgan fingerprint density at radius 3 is 3.05 bits per heavy atom. The number of aromatic nitrogens is 2. The molecule has 0 unspecified atom stereocenters. The molecule has 0 bridgehead atoms. The standard InChI is InChI=1S/C15H17N3O2S/c19-14(17-9-13-2-1-7-20-13)8-12-10-21-15(18-12)11-3-5-16-6-4-11/h3-6,10,13H,1-2,7-9H2,(H,17,19)/t13-/m0/s1. The molecule has 0 saturated carbocycles. The number of carbonyl (C=O) groups is 1. The average molecular weight is 303 g/mol. The van der Waals surface area contributed by atoms with Crippen LogP contribution < -0.4 is 5.32 Å². The fourth-order valence-corrected chi connectivity index (χ4v) is 3.10. The zero-order chi connectivity index (χ0) is 14.5. The highest BCUT2D eigenvalue weighted by Crippen LogP contribution is 2.23. The van der Waals surface area contributed by atoms with Gasteiger partial charge in [0.05, 0.1) is 18.2 Å². The molecule has 0 aliphatic carbocycles. The molecule has 3 heterocycles. The Morgan fingerprint density at radius 2 is 2.29 bits per heavy atom. The number of thiazole rings is 1. The molecular weight excluding hydrogens is 286 g/mol. The minimum Gasteiger partial charge on any atom is -0.376 e.